The van der Waals surface area contributed by atoms with Gasteiger partial charge in [0, 0.05) is 28.7 Å². The Bertz CT molecular complexity index is 1140. The van der Waals surface area contributed by atoms with E-state index in [9.17, 15) is 4.79 Å². The molecule has 1 aromatic heterocycles. The fourth-order valence-corrected chi connectivity index (χ4v) is 4.20. The fraction of sp³-hybridized carbons (Fsp3) is 0.0769. The number of aromatic amines is 1. The second-order valence-corrected chi connectivity index (χ2v) is 7.37. The number of ketones is 1. The number of allylic oxidation sites excluding steroid dienone is 1. The van der Waals surface area contributed by atoms with Crippen LogP contribution in [0, 0.1) is 0 Å². The van der Waals surface area contributed by atoms with E-state index in [0.717, 1.165) is 17.7 Å². The van der Waals surface area contributed by atoms with Crippen LogP contribution in [0.15, 0.2) is 97.1 Å². The molecule has 1 aliphatic rings. The summed E-state index contributed by atoms with van der Waals surface area (Å²) < 4.78 is 0. The van der Waals surface area contributed by atoms with Crippen molar-refractivity contribution in [1.82, 2.24) is 10.2 Å². The Balaban J connectivity index is 1.61. The highest BCUT2D eigenvalue weighted by atomic mass is 16.1. The highest BCUT2D eigenvalue weighted by molar-refractivity contribution is 6.10. The van der Waals surface area contributed by atoms with Gasteiger partial charge in [-0.15, -0.1) is 0 Å². The summed E-state index contributed by atoms with van der Waals surface area (Å²) in [6, 6.07) is 30.3. The number of benzene rings is 3. The average Bonchev–Trinajstić information content (AvgIpc) is 3.23. The molecule has 0 spiro atoms. The van der Waals surface area contributed by atoms with Crippen molar-refractivity contribution in [3.8, 4) is 0 Å². The number of hydrogen-bond acceptors (Lipinski definition) is 2. The lowest BCUT2D eigenvalue weighted by Gasteiger charge is -2.34. The standard InChI is InChI=1S/C26H20N2O/c29-25(19-10-4-1-5-11-19)24-22-16-17-26(18-23(22)27-28-24,20-12-6-2-7-13-20)21-14-8-3-9-15-21/h1-17H,18H2,(H,27,28). The van der Waals surface area contributed by atoms with E-state index < -0.39 is 0 Å². The number of aromatic nitrogens is 2. The van der Waals surface area contributed by atoms with E-state index in [1.165, 1.54) is 11.1 Å². The summed E-state index contributed by atoms with van der Waals surface area (Å²) in [6.07, 6.45) is 5.00. The summed E-state index contributed by atoms with van der Waals surface area (Å²) >= 11 is 0. The van der Waals surface area contributed by atoms with Crippen LogP contribution in [0.3, 0.4) is 0 Å². The van der Waals surface area contributed by atoms with E-state index >= 15 is 0 Å². The molecule has 3 heteroatoms. The van der Waals surface area contributed by atoms with E-state index in [-0.39, 0.29) is 11.2 Å². The largest absolute Gasteiger partial charge is 0.287 e. The van der Waals surface area contributed by atoms with Crippen LogP contribution in [0.2, 0.25) is 0 Å². The van der Waals surface area contributed by atoms with E-state index in [4.69, 9.17) is 0 Å². The zero-order valence-corrected chi connectivity index (χ0v) is 15.9. The molecule has 4 aromatic rings. The quantitative estimate of drug-likeness (QED) is 0.498. The maximum absolute atomic E-state index is 13.0. The summed E-state index contributed by atoms with van der Waals surface area (Å²) in [7, 11) is 0. The van der Waals surface area contributed by atoms with Gasteiger partial charge in [0.1, 0.15) is 5.69 Å². The Labute approximate surface area is 169 Å². The number of fused-ring (bicyclic) bond motifs is 1. The summed E-state index contributed by atoms with van der Waals surface area (Å²) in [5.41, 5.74) is 5.16. The topological polar surface area (TPSA) is 45.8 Å². The van der Waals surface area contributed by atoms with Crippen molar-refractivity contribution in [3.05, 3.63) is 131 Å². The summed E-state index contributed by atoms with van der Waals surface area (Å²) in [5.74, 6) is -0.0559. The number of rotatable bonds is 4. The molecule has 0 atom stereocenters. The van der Waals surface area contributed by atoms with Crippen LogP contribution in [0.5, 0.6) is 0 Å². The third kappa shape index (κ3) is 2.92. The molecule has 0 fully saturated rings. The molecule has 0 saturated heterocycles. The van der Waals surface area contributed by atoms with Gasteiger partial charge in [-0.2, -0.15) is 5.10 Å². The molecular weight excluding hydrogens is 356 g/mol. The molecule has 0 amide bonds. The molecule has 3 nitrogen and oxygen atoms in total. The van der Waals surface area contributed by atoms with Gasteiger partial charge in [-0.1, -0.05) is 103 Å². The first-order chi connectivity index (χ1) is 14.3. The molecule has 29 heavy (non-hydrogen) atoms. The Hall–Kier alpha value is -3.72. The van der Waals surface area contributed by atoms with Crippen molar-refractivity contribution in [2.45, 2.75) is 11.8 Å². The number of H-pyrrole nitrogens is 1. The molecule has 0 bridgehead atoms. The van der Waals surface area contributed by atoms with Gasteiger partial charge in [0.15, 0.2) is 0 Å². The number of nitrogens with zero attached hydrogens (tertiary/aromatic N) is 1. The molecule has 3 aromatic carbocycles. The van der Waals surface area contributed by atoms with E-state index in [1.54, 1.807) is 0 Å². The molecule has 5 rings (SSSR count). The molecular formula is C26H20N2O. The Morgan fingerprint density at radius 1 is 0.793 bits per heavy atom. The Morgan fingerprint density at radius 3 is 1.93 bits per heavy atom. The molecule has 1 N–H and O–H groups in total. The molecule has 0 aliphatic heterocycles. The van der Waals surface area contributed by atoms with Gasteiger partial charge in [0.2, 0.25) is 5.78 Å². The molecule has 140 valence electrons. The number of carbonyl (C=O) groups excluding carboxylic acids is 1. The first-order valence-electron chi connectivity index (χ1n) is 9.75. The van der Waals surface area contributed by atoms with Crippen LogP contribution in [-0.4, -0.2) is 16.0 Å². The van der Waals surface area contributed by atoms with Gasteiger partial charge < -0.3 is 0 Å². The second-order valence-electron chi connectivity index (χ2n) is 7.37. The zero-order chi connectivity index (χ0) is 19.7. The monoisotopic (exact) mass is 376 g/mol. The SMILES string of the molecule is O=C(c1ccccc1)c1n[nH]c2c1C=CC(c1ccccc1)(c1ccccc1)C2. The predicted octanol–water partition coefficient (Wildman–Crippen LogP) is 5.20. The lowest BCUT2D eigenvalue weighted by molar-refractivity contribution is 0.103. The van der Waals surface area contributed by atoms with E-state index in [0.29, 0.717) is 11.3 Å². The van der Waals surface area contributed by atoms with Crippen molar-refractivity contribution in [2.75, 3.05) is 0 Å². The number of carbonyl (C=O) groups is 1. The van der Waals surface area contributed by atoms with Gasteiger partial charge in [-0.25, -0.2) is 0 Å². The average molecular weight is 376 g/mol. The van der Waals surface area contributed by atoms with Gasteiger partial charge >= 0.3 is 0 Å². The lowest BCUT2D eigenvalue weighted by atomic mass is 9.68. The first kappa shape index (κ1) is 17.4. The van der Waals surface area contributed by atoms with Gasteiger partial charge in [-0.05, 0) is 11.1 Å². The molecule has 1 aliphatic carbocycles. The molecule has 0 saturated carbocycles. The molecule has 1 heterocycles. The number of nitrogens with one attached hydrogen (secondary N) is 1. The zero-order valence-electron chi connectivity index (χ0n) is 15.9. The lowest BCUT2D eigenvalue weighted by Crippen LogP contribution is -2.30. The highest BCUT2D eigenvalue weighted by Gasteiger charge is 2.37. The first-order valence-corrected chi connectivity index (χ1v) is 9.75. The van der Waals surface area contributed by atoms with Crippen LogP contribution in [-0.2, 0) is 11.8 Å². The van der Waals surface area contributed by atoms with Crippen molar-refractivity contribution in [1.29, 1.82) is 0 Å². The van der Waals surface area contributed by atoms with Crippen LogP contribution in [0.25, 0.3) is 6.08 Å². The van der Waals surface area contributed by atoms with Crippen LogP contribution in [0.4, 0.5) is 0 Å². The molecule has 0 unspecified atom stereocenters. The van der Waals surface area contributed by atoms with Gasteiger partial charge in [0.05, 0.1) is 0 Å². The smallest absolute Gasteiger partial charge is 0.213 e. The normalized spacial score (nSPS) is 14.3. The van der Waals surface area contributed by atoms with Gasteiger partial charge in [0.25, 0.3) is 0 Å². The maximum atomic E-state index is 13.0. The van der Waals surface area contributed by atoms with Crippen LogP contribution >= 0.6 is 0 Å². The van der Waals surface area contributed by atoms with E-state index in [1.807, 2.05) is 42.5 Å². The van der Waals surface area contributed by atoms with Gasteiger partial charge in [-0.3, -0.25) is 9.89 Å². The Kier molecular flexibility index (Phi) is 4.21. The number of hydrogen-bond donors (Lipinski definition) is 1. The minimum Gasteiger partial charge on any atom is -0.287 e. The summed E-state index contributed by atoms with van der Waals surface area (Å²) in [5, 5.41) is 7.55. The third-order valence-electron chi connectivity index (χ3n) is 5.70. The van der Waals surface area contributed by atoms with Crippen molar-refractivity contribution < 1.29 is 4.79 Å². The summed E-state index contributed by atoms with van der Waals surface area (Å²) in [6.45, 7) is 0. The predicted molar refractivity (Wildman–Crippen MR) is 115 cm³/mol. The highest BCUT2D eigenvalue weighted by Crippen LogP contribution is 2.41. The van der Waals surface area contributed by atoms with E-state index in [2.05, 4.69) is 70.9 Å². The minimum absolute atomic E-state index is 0.0559. The van der Waals surface area contributed by atoms with Crippen molar-refractivity contribution >= 4 is 11.9 Å². The second kappa shape index (κ2) is 7.02. The van der Waals surface area contributed by atoms with Crippen LogP contribution < -0.4 is 0 Å². The fourth-order valence-electron chi connectivity index (χ4n) is 4.20. The summed E-state index contributed by atoms with van der Waals surface area (Å²) in [4.78, 5) is 13.0. The third-order valence-corrected chi connectivity index (χ3v) is 5.70. The van der Waals surface area contributed by atoms with Crippen molar-refractivity contribution in [2.24, 2.45) is 0 Å². The maximum Gasteiger partial charge on any atom is 0.213 e. The Morgan fingerprint density at radius 2 is 1.34 bits per heavy atom. The minimum atomic E-state index is -0.297. The van der Waals surface area contributed by atoms with Crippen LogP contribution in [0.1, 0.15) is 38.4 Å². The molecule has 0 radical (unpaired) electrons. The van der Waals surface area contributed by atoms with Crippen molar-refractivity contribution in [3.63, 3.8) is 0 Å².